The summed E-state index contributed by atoms with van der Waals surface area (Å²) in [5.74, 6) is 0.822. The predicted molar refractivity (Wildman–Crippen MR) is 79.8 cm³/mol. The van der Waals surface area contributed by atoms with Gasteiger partial charge in [0.1, 0.15) is 5.82 Å². The van der Waals surface area contributed by atoms with Gasteiger partial charge in [0.25, 0.3) is 0 Å². The van der Waals surface area contributed by atoms with Gasteiger partial charge in [0, 0.05) is 17.7 Å². The van der Waals surface area contributed by atoms with Gasteiger partial charge in [0.2, 0.25) is 0 Å². The number of aryl methyl sites for hydroxylation is 1. The Morgan fingerprint density at radius 1 is 1.37 bits per heavy atom. The second-order valence-electron chi connectivity index (χ2n) is 4.43. The summed E-state index contributed by atoms with van der Waals surface area (Å²) in [5.41, 5.74) is 2.91. The normalized spacial score (nSPS) is 13.1. The molecule has 0 saturated heterocycles. The third kappa shape index (κ3) is 2.17. The molecule has 0 saturated carbocycles. The highest BCUT2D eigenvalue weighted by Crippen LogP contribution is 2.29. The van der Waals surface area contributed by atoms with Crippen LogP contribution in [0.15, 0.2) is 35.1 Å². The van der Waals surface area contributed by atoms with Gasteiger partial charge in [-0.3, -0.25) is 9.25 Å². The van der Waals surface area contributed by atoms with Gasteiger partial charge in [-0.15, -0.1) is 11.6 Å². The Bertz CT molecular complexity index is 744. The van der Waals surface area contributed by atoms with Gasteiger partial charge in [0.15, 0.2) is 0 Å². The van der Waals surface area contributed by atoms with Crippen LogP contribution in [-0.2, 0) is 7.05 Å². The van der Waals surface area contributed by atoms with E-state index in [-0.39, 0.29) is 5.38 Å². The smallest absolute Gasteiger partial charge is 0.132 e. The number of hydrogen-bond acceptors (Lipinski definition) is 2. The molecule has 2 heterocycles. The molecule has 0 aliphatic rings. The molecule has 0 radical (unpaired) electrons. The summed E-state index contributed by atoms with van der Waals surface area (Å²) in [6.07, 6.45) is 3.76. The Balaban J connectivity index is 2.34. The maximum atomic E-state index is 6.25. The molecule has 1 aromatic carbocycles. The predicted octanol–water partition coefficient (Wildman–Crippen LogP) is 3.82. The molecule has 0 aliphatic carbocycles. The van der Waals surface area contributed by atoms with E-state index in [1.807, 2.05) is 49.1 Å². The van der Waals surface area contributed by atoms with Gasteiger partial charge in [-0.25, -0.2) is 4.98 Å². The van der Waals surface area contributed by atoms with E-state index >= 15 is 0 Å². The molecule has 0 aliphatic heterocycles. The van der Waals surface area contributed by atoms with Crippen LogP contribution in [0.2, 0.25) is 0 Å². The van der Waals surface area contributed by atoms with Crippen LogP contribution < -0.4 is 0 Å². The maximum Gasteiger partial charge on any atom is 0.132 e. The number of rotatable bonds is 2. The highest BCUT2D eigenvalue weighted by atomic mass is 79.9. The molecule has 98 valence electrons. The maximum absolute atomic E-state index is 6.25. The zero-order valence-electron chi connectivity index (χ0n) is 10.5. The highest BCUT2D eigenvalue weighted by molar-refractivity contribution is 9.10. The zero-order chi connectivity index (χ0) is 13.6. The molecule has 19 heavy (non-hydrogen) atoms. The Hall–Kier alpha value is -1.33. The van der Waals surface area contributed by atoms with E-state index in [1.165, 1.54) is 0 Å². The molecular weight excluding hydrogens is 328 g/mol. The number of nitrogens with zero attached hydrogens (tertiary/aromatic N) is 4. The second kappa shape index (κ2) is 4.65. The summed E-state index contributed by atoms with van der Waals surface area (Å²) < 4.78 is 4.82. The van der Waals surface area contributed by atoms with Crippen molar-refractivity contribution in [3.05, 3.63) is 40.9 Å². The molecule has 3 aromatic rings. The molecule has 3 rings (SSSR count). The van der Waals surface area contributed by atoms with E-state index in [0.29, 0.717) is 0 Å². The first-order chi connectivity index (χ1) is 9.06. The first-order valence-electron chi connectivity index (χ1n) is 5.87. The first kappa shape index (κ1) is 12.7. The van der Waals surface area contributed by atoms with Crippen molar-refractivity contribution in [1.29, 1.82) is 0 Å². The number of benzene rings is 1. The van der Waals surface area contributed by atoms with Crippen LogP contribution >= 0.6 is 27.5 Å². The summed E-state index contributed by atoms with van der Waals surface area (Å²) in [6, 6.07) is 6.02. The van der Waals surface area contributed by atoms with E-state index in [9.17, 15) is 0 Å². The summed E-state index contributed by atoms with van der Waals surface area (Å²) in [6.45, 7) is 1.92. The Labute approximate surface area is 124 Å². The Kier molecular flexibility index (Phi) is 3.11. The summed E-state index contributed by atoms with van der Waals surface area (Å²) in [7, 11) is 1.89. The third-order valence-corrected chi connectivity index (χ3v) is 3.64. The van der Waals surface area contributed by atoms with Crippen molar-refractivity contribution in [1.82, 2.24) is 19.3 Å². The molecule has 0 amide bonds. The lowest BCUT2D eigenvalue weighted by Crippen LogP contribution is -2.00. The summed E-state index contributed by atoms with van der Waals surface area (Å²) in [4.78, 5) is 4.62. The molecule has 0 N–H and O–H groups in total. The SMILES string of the molecule is CC(Cl)c1nc2cc(Br)ccc2n1-c1cnn(C)c1. The van der Waals surface area contributed by atoms with E-state index in [0.717, 1.165) is 27.0 Å². The fourth-order valence-electron chi connectivity index (χ4n) is 2.13. The minimum Gasteiger partial charge on any atom is -0.292 e. The Morgan fingerprint density at radius 3 is 2.79 bits per heavy atom. The number of hydrogen-bond donors (Lipinski definition) is 0. The lowest BCUT2D eigenvalue weighted by molar-refractivity contribution is 0.767. The van der Waals surface area contributed by atoms with E-state index < -0.39 is 0 Å². The van der Waals surface area contributed by atoms with Crippen molar-refractivity contribution in [2.45, 2.75) is 12.3 Å². The molecule has 4 nitrogen and oxygen atoms in total. The van der Waals surface area contributed by atoms with E-state index in [2.05, 4.69) is 26.0 Å². The molecule has 2 aromatic heterocycles. The average Bonchev–Trinajstić information content (AvgIpc) is 2.91. The van der Waals surface area contributed by atoms with Gasteiger partial charge in [-0.05, 0) is 25.1 Å². The van der Waals surface area contributed by atoms with Crippen LogP contribution in [0.25, 0.3) is 16.7 Å². The highest BCUT2D eigenvalue weighted by Gasteiger charge is 2.17. The van der Waals surface area contributed by atoms with Crippen molar-refractivity contribution in [2.24, 2.45) is 7.05 Å². The van der Waals surface area contributed by atoms with Crippen LogP contribution in [-0.4, -0.2) is 19.3 Å². The lowest BCUT2D eigenvalue weighted by Gasteiger charge is -2.07. The molecule has 0 spiro atoms. The van der Waals surface area contributed by atoms with Crippen LogP contribution in [0, 0.1) is 0 Å². The second-order valence-corrected chi connectivity index (χ2v) is 6.00. The van der Waals surface area contributed by atoms with Crippen LogP contribution in [0.3, 0.4) is 0 Å². The van der Waals surface area contributed by atoms with Crippen molar-refractivity contribution < 1.29 is 0 Å². The van der Waals surface area contributed by atoms with E-state index in [4.69, 9.17) is 11.6 Å². The minimum absolute atomic E-state index is 0.175. The number of fused-ring (bicyclic) bond motifs is 1. The van der Waals surface area contributed by atoms with Gasteiger partial charge >= 0.3 is 0 Å². The van der Waals surface area contributed by atoms with Gasteiger partial charge < -0.3 is 0 Å². The fourth-order valence-corrected chi connectivity index (χ4v) is 2.63. The number of alkyl halides is 1. The van der Waals surface area contributed by atoms with Crippen molar-refractivity contribution in [3.8, 4) is 5.69 Å². The fraction of sp³-hybridized carbons (Fsp3) is 0.231. The lowest BCUT2D eigenvalue weighted by atomic mass is 10.3. The largest absolute Gasteiger partial charge is 0.292 e. The van der Waals surface area contributed by atoms with Gasteiger partial charge in [-0.2, -0.15) is 5.10 Å². The number of imidazole rings is 1. The number of halogens is 2. The van der Waals surface area contributed by atoms with Crippen molar-refractivity contribution in [2.75, 3.05) is 0 Å². The minimum atomic E-state index is -0.175. The van der Waals surface area contributed by atoms with Crippen LogP contribution in [0.4, 0.5) is 0 Å². The van der Waals surface area contributed by atoms with Crippen LogP contribution in [0.1, 0.15) is 18.1 Å². The zero-order valence-corrected chi connectivity index (χ0v) is 12.9. The Morgan fingerprint density at radius 2 is 2.16 bits per heavy atom. The standard InChI is InChI=1S/C13H12BrClN4/c1-8(15)13-17-11-5-9(14)3-4-12(11)19(13)10-6-16-18(2)7-10/h3-8H,1-2H3. The molecule has 0 bridgehead atoms. The van der Waals surface area contributed by atoms with Gasteiger partial charge in [-0.1, -0.05) is 15.9 Å². The average molecular weight is 340 g/mol. The molecule has 1 unspecified atom stereocenters. The summed E-state index contributed by atoms with van der Waals surface area (Å²) in [5, 5.41) is 4.04. The van der Waals surface area contributed by atoms with Crippen molar-refractivity contribution >= 4 is 38.6 Å². The quantitative estimate of drug-likeness (QED) is 0.665. The molecule has 6 heteroatoms. The third-order valence-electron chi connectivity index (χ3n) is 2.95. The molecular formula is C13H12BrClN4. The van der Waals surface area contributed by atoms with E-state index in [1.54, 1.807) is 4.68 Å². The van der Waals surface area contributed by atoms with Crippen LogP contribution in [0.5, 0.6) is 0 Å². The molecule has 1 atom stereocenters. The summed E-state index contributed by atoms with van der Waals surface area (Å²) >= 11 is 9.72. The number of aromatic nitrogens is 4. The first-order valence-corrected chi connectivity index (χ1v) is 7.10. The monoisotopic (exact) mass is 338 g/mol. The molecule has 0 fully saturated rings. The van der Waals surface area contributed by atoms with Crippen molar-refractivity contribution in [3.63, 3.8) is 0 Å². The van der Waals surface area contributed by atoms with Gasteiger partial charge in [0.05, 0.1) is 28.3 Å². The topological polar surface area (TPSA) is 35.6 Å².